The van der Waals surface area contributed by atoms with Gasteiger partial charge in [0.1, 0.15) is 11.6 Å². The zero-order chi connectivity index (χ0) is 20.2. The fourth-order valence-corrected chi connectivity index (χ4v) is 3.84. The van der Waals surface area contributed by atoms with Crippen LogP contribution in [0.25, 0.3) is 0 Å². The molecule has 0 radical (unpaired) electrons. The number of rotatable bonds is 8. The van der Waals surface area contributed by atoms with Crippen molar-refractivity contribution in [2.45, 2.75) is 51.5 Å². The smallest absolute Gasteiger partial charge is 0.192 e. The predicted molar refractivity (Wildman–Crippen MR) is 114 cm³/mol. The first-order chi connectivity index (χ1) is 12.5. The number of benzene rings is 1. The van der Waals surface area contributed by atoms with E-state index in [1.54, 1.807) is 13.2 Å². The lowest BCUT2D eigenvalue weighted by atomic mass is 10.1. The SMILES string of the molecule is COc1cc(F)cc([C@@H](CO[Si](C)(C)C(C)(C)C)NCc2cc(Br)c[nH]2)c1. The predicted octanol–water partition coefficient (Wildman–Crippen LogP) is 5.78. The van der Waals surface area contributed by atoms with Crippen molar-refractivity contribution in [1.82, 2.24) is 10.3 Å². The molecule has 0 saturated carbocycles. The van der Waals surface area contributed by atoms with E-state index in [1.165, 1.54) is 6.07 Å². The van der Waals surface area contributed by atoms with E-state index in [1.807, 2.05) is 18.3 Å². The second-order valence-corrected chi connectivity index (χ2v) is 14.0. The van der Waals surface area contributed by atoms with Crippen LogP contribution in [0.1, 0.15) is 38.1 Å². The van der Waals surface area contributed by atoms with Crippen LogP contribution in [0.3, 0.4) is 0 Å². The van der Waals surface area contributed by atoms with E-state index in [9.17, 15) is 4.39 Å². The number of aromatic nitrogens is 1. The number of hydrogen-bond donors (Lipinski definition) is 2. The van der Waals surface area contributed by atoms with Gasteiger partial charge in [0.2, 0.25) is 0 Å². The van der Waals surface area contributed by atoms with Crippen LogP contribution < -0.4 is 10.1 Å². The van der Waals surface area contributed by atoms with E-state index >= 15 is 0 Å². The summed E-state index contributed by atoms with van der Waals surface area (Å²) in [5.41, 5.74) is 1.86. The minimum atomic E-state index is -1.92. The molecular weight excluding hydrogens is 427 g/mol. The second kappa shape index (κ2) is 8.90. The molecule has 0 aliphatic heterocycles. The molecule has 2 rings (SSSR count). The first kappa shape index (κ1) is 22.1. The maximum Gasteiger partial charge on any atom is 0.192 e. The third-order valence-electron chi connectivity index (χ3n) is 5.20. The number of nitrogens with one attached hydrogen (secondary N) is 2. The summed E-state index contributed by atoms with van der Waals surface area (Å²) in [7, 11) is -0.375. The van der Waals surface area contributed by atoms with Crippen LogP contribution in [-0.4, -0.2) is 27.0 Å². The molecule has 1 aromatic heterocycles. The van der Waals surface area contributed by atoms with Gasteiger partial charge in [-0.15, -0.1) is 0 Å². The summed E-state index contributed by atoms with van der Waals surface area (Å²) in [5, 5.41) is 3.60. The molecule has 0 aliphatic carbocycles. The standard InChI is InChI=1S/C20H30BrFN2O2Si/c1-20(2,3)27(5,6)26-13-19(24-12-17-9-15(21)11-23-17)14-7-16(22)10-18(8-14)25-4/h7-11,19,23-24H,12-13H2,1-6H3/t19-/m1/s1. The van der Waals surface area contributed by atoms with E-state index in [-0.39, 0.29) is 16.9 Å². The Bertz CT molecular complexity index is 759. The summed E-state index contributed by atoms with van der Waals surface area (Å²) in [6.45, 7) is 12.2. The lowest BCUT2D eigenvalue weighted by Crippen LogP contribution is -2.43. The third kappa shape index (κ3) is 6.17. The van der Waals surface area contributed by atoms with E-state index < -0.39 is 8.32 Å². The van der Waals surface area contributed by atoms with Gasteiger partial charge in [0.25, 0.3) is 0 Å². The van der Waals surface area contributed by atoms with E-state index in [2.05, 4.69) is 60.1 Å². The molecule has 7 heteroatoms. The molecule has 0 bridgehead atoms. The van der Waals surface area contributed by atoms with Crippen LogP contribution in [0.15, 0.2) is 34.9 Å². The molecule has 1 aromatic carbocycles. The molecule has 2 aromatic rings. The average Bonchev–Trinajstić information content (AvgIpc) is 2.98. The van der Waals surface area contributed by atoms with Crippen molar-refractivity contribution >= 4 is 24.2 Å². The molecule has 0 unspecified atom stereocenters. The Balaban J connectivity index is 2.21. The highest BCUT2D eigenvalue weighted by atomic mass is 79.9. The second-order valence-electron chi connectivity index (χ2n) is 8.27. The van der Waals surface area contributed by atoms with Gasteiger partial charge >= 0.3 is 0 Å². The topological polar surface area (TPSA) is 46.3 Å². The third-order valence-corrected chi connectivity index (χ3v) is 10.2. The summed E-state index contributed by atoms with van der Waals surface area (Å²) < 4.78 is 26.7. The van der Waals surface area contributed by atoms with Gasteiger partial charge in [0.15, 0.2) is 8.32 Å². The molecule has 150 valence electrons. The van der Waals surface area contributed by atoms with Gasteiger partial charge in [-0.3, -0.25) is 0 Å². The molecular formula is C20H30BrFN2O2Si. The lowest BCUT2D eigenvalue weighted by molar-refractivity contribution is 0.242. The normalized spacial score (nSPS) is 13.6. The monoisotopic (exact) mass is 456 g/mol. The summed E-state index contributed by atoms with van der Waals surface area (Å²) in [6.07, 6.45) is 1.89. The van der Waals surface area contributed by atoms with Crippen molar-refractivity contribution in [3.8, 4) is 5.75 Å². The van der Waals surface area contributed by atoms with Crippen molar-refractivity contribution < 1.29 is 13.6 Å². The highest BCUT2D eigenvalue weighted by molar-refractivity contribution is 9.10. The molecule has 27 heavy (non-hydrogen) atoms. The van der Waals surface area contributed by atoms with Gasteiger partial charge in [0, 0.05) is 29.0 Å². The van der Waals surface area contributed by atoms with Crippen LogP contribution in [0.5, 0.6) is 5.75 Å². The Labute approximate surface area is 171 Å². The van der Waals surface area contributed by atoms with Crippen molar-refractivity contribution in [3.05, 3.63) is 52.0 Å². The highest BCUT2D eigenvalue weighted by Crippen LogP contribution is 2.37. The van der Waals surface area contributed by atoms with Gasteiger partial charge in [-0.25, -0.2) is 4.39 Å². The molecule has 2 N–H and O–H groups in total. The van der Waals surface area contributed by atoms with Gasteiger partial charge in [-0.05, 0) is 57.8 Å². The number of ether oxygens (including phenoxy) is 1. The van der Waals surface area contributed by atoms with E-state index in [0.29, 0.717) is 18.9 Å². The maximum absolute atomic E-state index is 14.1. The molecule has 0 fully saturated rings. The number of hydrogen-bond acceptors (Lipinski definition) is 3. The van der Waals surface area contributed by atoms with Crippen molar-refractivity contribution in [1.29, 1.82) is 0 Å². The number of halogens is 2. The van der Waals surface area contributed by atoms with Crippen LogP contribution in [0.2, 0.25) is 18.1 Å². The van der Waals surface area contributed by atoms with Crippen LogP contribution >= 0.6 is 15.9 Å². The number of H-pyrrole nitrogens is 1. The van der Waals surface area contributed by atoms with E-state index in [4.69, 9.17) is 9.16 Å². The molecule has 0 spiro atoms. The highest BCUT2D eigenvalue weighted by Gasteiger charge is 2.37. The summed E-state index contributed by atoms with van der Waals surface area (Å²) >= 11 is 3.45. The molecule has 4 nitrogen and oxygen atoms in total. The van der Waals surface area contributed by atoms with Crippen molar-refractivity contribution in [3.63, 3.8) is 0 Å². The fourth-order valence-electron chi connectivity index (χ4n) is 2.43. The Morgan fingerprint density at radius 3 is 2.48 bits per heavy atom. The average molecular weight is 457 g/mol. The summed E-state index contributed by atoms with van der Waals surface area (Å²) in [5.74, 6) is 0.192. The van der Waals surface area contributed by atoms with Crippen molar-refractivity contribution in [2.75, 3.05) is 13.7 Å². The first-order valence-corrected chi connectivity index (χ1v) is 12.8. The van der Waals surface area contributed by atoms with Crippen LogP contribution in [-0.2, 0) is 11.0 Å². The summed E-state index contributed by atoms with van der Waals surface area (Å²) in [4.78, 5) is 3.20. The zero-order valence-corrected chi connectivity index (χ0v) is 19.5. The maximum atomic E-state index is 14.1. The largest absolute Gasteiger partial charge is 0.497 e. The van der Waals surface area contributed by atoms with E-state index in [0.717, 1.165) is 15.7 Å². The quantitative estimate of drug-likeness (QED) is 0.494. The minimum absolute atomic E-state index is 0.113. The van der Waals surface area contributed by atoms with Crippen molar-refractivity contribution in [2.24, 2.45) is 0 Å². The number of methoxy groups -OCH3 is 1. The fraction of sp³-hybridized carbons (Fsp3) is 0.500. The summed E-state index contributed by atoms with van der Waals surface area (Å²) in [6, 6.07) is 6.66. The zero-order valence-electron chi connectivity index (χ0n) is 17.0. The van der Waals surface area contributed by atoms with Gasteiger partial charge in [0.05, 0.1) is 19.8 Å². The molecule has 1 heterocycles. The molecule has 1 atom stereocenters. The lowest BCUT2D eigenvalue weighted by Gasteiger charge is -2.37. The Hall–Kier alpha value is -1.15. The first-order valence-electron chi connectivity index (χ1n) is 9.06. The number of aromatic amines is 1. The molecule has 0 saturated heterocycles. The van der Waals surface area contributed by atoms with Gasteiger partial charge < -0.3 is 19.5 Å². The Morgan fingerprint density at radius 2 is 1.93 bits per heavy atom. The van der Waals surface area contributed by atoms with Crippen LogP contribution in [0.4, 0.5) is 4.39 Å². The minimum Gasteiger partial charge on any atom is -0.497 e. The van der Waals surface area contributed by atoms with Gasteiger partial charge in [-0.1, -0.05) is 20.8 Å². The van der Waals surface area contributed by atoms with Gasteiger partial charge in [-0.2, -0.15) is 0 Å². The molecule has 0 aliphatic rings. The van der Waals surface area contributed by atoms with Crippen LogP contribution in [0, 0.1) is 5.82 Å². The molecule has 0 amide bonds. The Morgan fingerprint density at radius 1 is 1.22 bits per heavy atom. The Kier molecular flexibility index (Phi) is 7.30.